The normalized spacial score (nSPS) is 18.0. The van der Waals surface area contributed by atoms with Gasteiger partial charge in [0.05, 0.1) is 19.5 Å². The van der Waals surface area contributed by atoms with Crippen molar-refractivity contribution >= 4 is 11.0 Å². The number of fused-ring (bicyclic) bond motifs is 1. The molecule has 0 unspecified atom stereocenters. The summed E-state index contributed by atoms with van der Waals surface area (Å²) in [6.45, 7) is 4.67. The van der Waals surface area contributed by atoms with E-state index in [-0.39, 0.29) is 0 Å². The second kappa shape index (κ2) is 4.28. The lowest BCUT2D eigenvalue weighted by Gasteiger charge is -2.26. The fourth-order valence-electron chi connectivity index (χ4n) is 2.16. The van der Waals surface area contributed by atoms with Crippen LogP contribution < -0.4 is 0 Å². The first-order chi connectivity index (χ1) is 7.93. The minimum absolute atomic E-state index is 0.843. The molecular weight excluding hydrogens is 202 g/mol. The van der Waals surface area contributed by atoms with Crippen LogP contribution in [0, 0.1) is 0 Å². The van der Waals surface area contributed by atoms with E-state index in [4.69, 9.17) is 9.15 Å². The van der Waals surface area contributed by atoms with Crippen LogP contribution in [0.2, 0.25) is 0 Å². The van der Waals surface area contributed by atoms with E-state index in [0.29, 0.717) is 0 Å². The van der Waals surface area contributed by atoms with Crippen molar-refractivity contribution in [1.82, 2.24) is 4.90 Å². The standard InChI is InChI=1S/C13H15NO2/c1-2-4-13-12(3-1)11(10-16-13)9-14-5-7-15-8-6-14/h1-4,10H,5-9H2. The molecule has 16 heavy (non-hydrogen) atoms. The van der Waals surface area contributed by atoms with Gasteiger partial charge in [0.25, 0.3) is 0 Å². The second-order valence-electron chi connectivity index (χ2n) is 4.15. The average molecular weight is 217 g/mol. The first-order valence-electron chi connectivity index (χ1n) is 5.69. The Labute approximate surface area is 94.6 Å². The Kier molecular flexibility index (Phi) is 2.64. The molecule has 3 rings (SSSR count). The zero-order chi connectivity index (χ0) is 10.8. The highest BCUT2D eigenvalue weighted by Gasteiger charge is 2.13. The van der Waals surface area contributed by atoms with Crippen LogP contribution in [-0.4, -0.2) is 31.2 Å². The molecule has 0 amide bonds. The van der Waals surface area contributed by atoms with Crippen LogP contribution >= 0.6 is 0 Å². The third-order valence-corrected chi connectivity index (χ3v) is 3.06. The Morgan fingerprint density at radius 1 is 1.12 bits per heavy atom. The number of ether oxygens (including phenoxy) is 1. The Morgan fingerprint density at radius 2 is 1.94 bits per heavy atom. The zero-order valence-electron chi connectivity index (χ0n) is 9.19. The van der Waals surface area contributed by atoms with Crippen molar-refractivity contribution in [2.24, 2.45) is 0 Å². The van der Waals surface area contributed by atoms with Crippen molar-refractivity contribution < 1.29 is 9.15 Å². The number of hydrogen-bond acceptors (Lipinski definition) is 3. The molecule has 3 nitrogen and oxygen atoms in total. The van der Waals surface area contributed by atoms with Crippen molar-refractivity contribution in [1.29, 1.82) is 0 Å². The maximum absolute atomic E-state index is 5.53. The van der Waals surface area contributed by atoms with E-state index in [1.807, 2.05) is 18.4 Å². The fraction of sp³-hybridized carbons (Fsp3) is 0.385. The van der Waals surface area contributed by atoms with Crippen molar-refractivity contribution in [2.75, 3.05) is 26.3 Å². The van der Waals surface area contributed by atoms with Gasteiger partial charge in [-0.2, -0.15) is 0 Å². The van der Waals surface area contributed by atoms with E-state index >= 15 is 0 Å². The highest BCUT2D eigenvalue weighted by atomic mass is 16.5. The zero-order valence-corrected chi connectivity index (χ0v) is 9.19. The minimum atomic E-state index is 0.843. The minimum Gasteiger partial charge on any atom is -0.464 e. The fourth-order valence-corrected chi connectivity index (χ4v) is 2.16. The maximum atomic E-state index is 5.53. The molecular formula is C13H15NO2. The number of para-hydroxylation sites is 1. The first kappa shape index (κ1) is 9.87. The summed E-state index contributed by atoms with van der Waals surface area (Å²) in [6.07, 6.45) is 1.88. The van der Waals surface area contributed by atoms with E-state index < -0.39 is 0 Å². The number of furan rings is 1. The van der Waals surface area contributed by atoms with Gasteiger partial charge in [-0.05, 0) is 6.07 Å². The van der Waals surface area contributed by atoms with Crippen LogP contribution in [0.5, 0.6) is 0 Å². The van der Waals surface area contributed by atoms with Gasteiger partial charge in [-0.25, -0.2) is 0 Å². The molecule has 0 saturated carbocycles. The van der Waals surface area contributed by atoms with Crippen molar-refractivity contribution in [3.05, 3.63) is 36.1 Å². The van der Waals surface area contributed by atoms with Gasteiger partial charge in [0.2, 0.25) is 0 Å². The molecule has 84 valence electrons. The smallest absolute Gasteiger partial charge is 0.134 e. The van der Waals surface area contributed by atoms with Gasteiger partial charge in [0.15, 0.2) is 0 Å². The SMILES string of the molecule is c1ccc2c(CN3CCOCC3)coc2c1. The van der Waals surface area contributed by atoms with Crippen LogP contribution in [0.3, 0.4) is 0 Å². The highest BCUT2D eigenvalue weighted by molar-refractivity contribution is 5.80. The Bertz CT molecular complexity index is 471. The summed E-state index contributed by atoms with van der Waals surface area (Å²) in [4.78, 5) is 2.40. The van der Waals surface area contributed by atoms with Crippen LogP contribution in [0.1, 0.15) is 5.56 Å². The number of nitrogens with zero attached hydrogens (tertiary/aromatic N) is 1. The molecule has 0 spiro atoms. The third-order valence-electron chi connectivity index (χ3n) is 3.06. The summed E-state index contributed by atoms with van der Waals surface area (Å²) in [5, 5.41) is 1.23. The van der Waals surface area contributed by atoms with Crippen molar-refractivity contribution in [3.8, 4) is 0 Å². The monoisotopic (exact) mass is 217 g/mol. The van der Waals surface area contributed by atoms with Gasteiger partial charge >= 0.3 is 0 Å². The average Bonchev–Trinajstić information content (AvgIpc) is 2.74. The molecule has 1 aromatic heterocycles. The summed E-state index contributed by atoms with van der Waals surface area (Å²) in [6, 6.07) is 8.19. The van der Waals surface area contributed by atoms with Crippen LogP contribution in [0.4, 0.5) is 0 Å². The summed E-state index contributed by atoms with van der Waals surface area (Å²) in [5.41, 5.74) is 2.25. The Balaban J connectivity index is 1.83. The lowest BCUT2D eigenvalue weighted by Crippen LogP contribution is -2.35. The summed E-state index contributed by atoms with van der Waals surface area (Å²) >= 11 is 0. The number of benzene rings is 1. The van der Waals surface area contributed by atoms with Gasteiger partial charge in [-0.15, -0.1) is 0 Å². The lowest BCUT2D eigenvalue weighted by atomic mass is 10.1. The van der Waals surface area contributed by atoms with Gasteiger partial charge in [-0.3, -0.25) is 4.90 Å². The Hall–Kier alpha value is -1.32. The molecule has 2 aromatic rings. The van der Waals surface area contributed by atoms with Gasteiger partial charge in [-0.1, -0.05) is 18.2 Å². The van der Waals surface area contributed by atoms with Crippen LogP contribution in [0.25, 0.3) is 11.0 Å². The van der Waals surface area contributed by atoms with E-state index in [1.165, 1.54) is 10.9 Å². The quantitative estimate of drug-likeness (QED) is 0.771. The second-order valence-corrected chi connectivity index (χ2v) is 4.15. The number of morpholine rings is 1. The molecule has 3 heteroatoms. The molecule has 0 N–H and O–H groups in total. The van der Waals surface area contributed by atoms with Crippen LogP contribution in [0.15, 0.2) is 34.9 Å². The molecule has 1 aliphatic rings. The highest BCUT2D eigenvalue weighted by Crippen LogP contribution is 2.22. The molecule has 0 bridgehead atoms. The molecule has 1 saturated heterocycles. The number of rotatable bonds is 2. The third kappa shape index (κ3) is 1.84. The maximum Gasteiger partial charge on any atom is 0.134 e. The van der Waals surface area contributed by atoms with E-state index in [2.05, 4.69) is 17.0 Å². The van der Waals surface area contributed by atoms with Crippen molar-refractivity contribution in [2.45, 2.75) is 6.54 Å². The molecule has 0 atom stereocenters. The van der Waals surface area contributed by atoms with Crippen molar-refractivity contribution in [3.63, 3.8) is 0 Å². The largest absolute Gasteiger partial charge is 0.464 e. The summed E-state index contributed by atoms with van der Waals surface area (Å²) < 4.78 is 10.9. The molecule has 1 aromatic carbocycles. The Morgan fingerprint density at radius 3 is 2.81 bits per heavy atom. The first-order valence-corrected chi connectivity index (χ1v) is 5.69. The molecule has 1 fully saturated rings. The van der Waals surface area contributed by atoms with E-state index in [0.717, 1.165) is 38.4 Å². The molecule has 0 radical (unpaired) electrons. The van der Waals surface area contributed by atoms with E-state index in [1.54, 1.807) is 0 Å². The predicted octanol–water partition coefficient (Wildman–Crippen LogP) is 2.27. The van der Waals surface area contributed by atoms with Crippen LogP contribution in [-0.2, 0) is 11.3 Å². The number of hydrogen-bond donors (Lipinski definition) is 0. The lowest BCUT2D eigenvalue weighted by molar-refractivity contribution is 0.0342. The topological polar surface area (TPSA) is 25.6 Å². The van der Waals surface area contributed by atoms with Gasteiger partial charge < -0.3 is 9.15 Å². The molecule has 2 heterocycles. The van der Waals surface area contributed by atoms with Gasteiger partial charge in [0, 0.05) is 30.6 Å². The summed E-state index contributed by atoms with van der Waals surface area (Å²) in [7, 11) is 0. The predicted molar refractivity (Wildman–Crippen MR) is 62.3 cm³/mol. The molecule has 0 aliphatic carbocycles. The molecule has 1 aliphatic heterocycles. The summed E-state index contributed by atoms with van der Waals surface area (Å²) in [5.74, 6) is 0. The van der Waals surface area contributed by atoms with Gasteiger partial charge in [0.1, 0.15) is 5.58 Å². The van der Waals surface area contributed by atoms with E-state index in [9.17, 15) is 0 Å².